The molecular weight excluding hydrogens is 352 g/mol. The molecule has 1 N–H and O–H groups in total. The predicted octanol–water partition coefficient (Wildman–Crippen LogP) is 4.46. The number of hydrogen-bond donors (Lipinski definition) is 1. The van der Waals surface area contributed by atoms with Gasteiger partial charge < -0.3 is 9.84 Å². The molecule has 0 amide bonds. The molecule has 5 nitrogen and oxygen atoms in total. The number of rotatable bonds is 4. The fraction of sp³-hybridized carbons (Fsp3) is 0.0435. The van der Waals surface area contributed by atoms with E-state index in [1.807, 2.05) is 42.5 Å². The summed E-state index contributed by atoms with van der Waals surface area (Å²) >= 11 is 0. The van der Waals surface area contributed by atoms with Crippen molar-refractivity contribution in [3.8, 4) is 17.3 Å². The minimum absolute atomic E-state index is 0.187. The summed E-state index contributed by atoms with van der Waals surface area (Å²) in [5.74, 6) is 0.300. The Balaban J connectivity index is 2.02. The van der Waals surface area contributed by atoms with Crippen LogP contribution in [0.3, 0.4) is 0 Å². The first-order valence-corrected chi connectivity index (χ1v) is 8.80. The number of aromatic nitrogens is 1. The highest BCUT2D eigenvalue weighted by Gasteiger charge is 2.18. The molecule has 0 spiro atoms. The number of fused-ring (bicyclic) bond motifs is 1. The van der Waals surface area contributed by atoms with E-state index in [9.17, 15) is 9.90 Å². The number of pyridine rings is 1. The van der Waals surface area contributed by atoms with Gasteiger partial charge in [-0.05, 0) is 30.3 Å². The lowest BCUT2D eigenvalue weighted by molar-refractivity contribution is 0.404. The summed E-state index contributed by atoms with van der Waals surface area (Å²) in [5, 5.41) is 12.2. The lowest BCUT2D eigenvalue weighted by atomic mass is 10.1. The first-order chi connectivity index (χ1) is 13.7. The van der Waals surface area contributed by atoms with Crippen LogP contribution < -0.4 is 10.3 Å². The summed E-state index contributed by atoms with van der Waals surface area (Å²) in [6, 6.07) is 23.7. The molecule has 0 saturated heterocycles. The highest BCUT2D eigenvalue weighted by atomic mass is 16.5. The van der Waals surface area contributed by atoms with Crippen LogP contribution in [0.5, 0.6) is 11.6 Å². The monoisotopic (exact) mass is 370 g/mol. The smallest absolute Gasteiger partial charge is 0.265 e. The molecule has 0 radical (unpaired) electrons. The van der Waals surface area contributed by atoms with Crippen molar-refractivity contribution in [2.75, 3.05) is 7.11 Å². The van der Waals surface area contributed by atoms with Crippen LogP contribution in [0.1, 0.15) is 5.56 Å². The summed E-state index contributed by atoms with van der Waals surface area (Å²) in [7, 11) is 1.53. The van der Waals surface area contributed by atoms with Gasteiger partial charge in [-0.1, -0.05) is 48.5 Å². The second-order valence-electron chi connectivity index (χ2n) is 6.19. The van der Waals surface area contributed by atoms with Crippen LogP contribution in [0.4, 0.5) is 5.69 Å². The molecule has 5 heteroatoms. The minimum atomic E-state index is -0.325. The molecule has 1 aromatic heterocycles. The number of hydrogen-bond acceptors (Lipinski definition) is 4. The van der Waals surface area contributed by atoms with Crippen molar-refractivity contribution >= 4 is 22.7 Å². The number of benzene rings is 3. The zero-order valence-electron chi connectivity index (χ0n) is 15.2. The van der Waals surface area contributed by atoms with E-state index >= 15 is 0 Å². The summed E-state index contributed by atoms with van der Waals surface area (Å²) in [6.45, 7) is 0. The van der Waals surface area contributed by atoms with Crippen molar-refractivity contribution in [2.45, 2.75) is 0 Å². The first-order valence-electron chi connectivity index (χ1n) is 8.80. The third-order valence-electron chi connectivity index (χ3n) is 4.53. The van der Waals surface area contributed by atoms with Gasteiger partial charge in [0.2, 0.25) is 5.88 Å². The molecule has 0 aliphatic carbocycles. The van der Waals surface area contributed by atoms with Crippen molar-refractivity contribution in [1.29, 1.82) is 0 Å². The van der Waals surface area contributed by atoms with Crippen LogP contribution in [0.2, 0.25) is 0 Å². The molecule has 3 aromatic carbocycles. The van der Waals surface area contributed by atoms with Gasteiger partial charge in [-0.3, -0.25) is 9.79 Å². The Morgan fingerprint density at radius 2 is 1.54 bits per heavy atom. The van der Waals surface area contributed by atoms with E-state index in [0.29, 0.717) is 27.8 Å². The van der Waals surface area contributed by atoms with Crippen LogP contribution in [0, 0.1) is 0 Å². The molecule has 0 saturated carbocycles. The average molecular weight is 370 g/mol. The predicted molar refractivity (Wildman–Crippen MR) is 111 cm³/mol. The summed E-state index contributed by atoms with van der Waals surface area (Å²) < 4.78 is 6.64. The van der Waals surface area contributed by atoms with E-state index in [-0.39, 0.29) is 11.4 Å². The van der Waals surface area contributed by atoms with Gasteiger partial charge in [0.05, 0.1) is 24.0 Å². The largest absolute Gasteiger partial charge is 0.495 e. The van der Waals surface area contributed by atoms with Gasteiger partial charge in [0.15, 0.2) is 0 Å². The molecule has 0 aliphatic heterocycles. The summed E-state index contributed by atoms with van der Waals surface area (Å²) in [4.78, 5) is 17.6. The molecule has 4 aromatic rings. The molecule has 0 fully saturated rings. The summed E-state index contributed by atoms with van der Waals surface area (Å²) in [5.41, 5.74) is 1.35. The third-order valence-corrected chi connectivity index (χ3v) is 4.53. The van der Waals surface area contributed by atoms with Crippen LogP contribution in [0.15, 0.2) is 88.6 Å². The second-order valence-corrected chi connectivity index (χ2v) is 6.19. The lowest BCUT2D eigenvalue weighted by Gasteiger charge is -2.15. The van der Waals surface area contributed by atoms with Crippen LogP contribution >= 0.6 is 0 Å². The molecule has 0 bridgehead atoms. The lowest BCUT2D eigenvalue weighted by Crippen LogP contribution is -2.20. The molecule has 138 valence electrons. The van der Waals surface area contributed by atoms with Crippen LogP contribution in [-0.2, 0) is 0 Å². The summed E-state index contributed by atoms with van der Waals surface area (Å²) in [6.07, 6.45) is 1.58. The maximum Gasteiger partial charge on any atom is 0.265 e. The van der Waals surface area contributed by atoms with Crippen molar-refractivity contribution in [3.63, 3.8) is 0 Å². The topological polar surface area (TPSA) is 63.8 Å². The van der Waals surface area contributed by atoms with Crippen molar-refractivity contribution in [1.82, 2.24) is 4.57 Å². The number of nitrogens with zero attached hydrogens (tertiary/aromatic N) is 2. The zero-order valence-corrected chi connectivity index (χ0v) is 15.2. The van der Waals surface area contributed by atoms with Gasteiger partial charge in [0.1, 0.15) is 5.75 Å². The molecule has 4 rings (SSSR count). The number of aromatic hydroxyl groups is 1. The number of ether oxygens (including phenoxy) is 1. The van der Waals surface area contributed by atoms with Crippen LogP contribution in [0.25, 0.3) is 16.5 Å². The molecule has 0 aliphatic rings. The van der Waals surface area contributed by atoms with E-state index in [4.69, 9.17) is 4.74 Å². The maximum atomic E-state index is 13.1. The molecule has 1 heterocycles. The average Bonchev–Trinajstić information content (AvgIpc) is 2.75. The van der Waals surface area contributed by atoms with Crippen LogP contribution in [-0.4, -0.2) is 23.0 Å². The Morgan fingerprint density at radius 3 is 2.29 bits per heavy atom. The second kappa shape index (κ2) is 7.40. The molecular formula is C23H18N2O3. The maximum absolute atomic E-state index is 13.1. The molecule has 28 heavy (non-hydrogen) atoms. The molecule has 0 atom stereocenters. The van der Waals surface area contributed by atoms with Crippen molar-refractivity contribution < 1.29 is 9.84 Å². The Hall–Kier alpha value is -3.86. The zero-order chi connectivity index (χ0) is 19.5. The van der Waals surface area contributed by atoms with Gasteiger partial charge in [0.25, 0.3) is 5.56 Å². The van der Waals surface area contributed by atoms with E-state index in [0.717, 1.165) is 5.69 Å². The SMILES string of the molecule is COc1ccccc1-n1c(O)c(C=Nc2ccccc2)c2ccccc2c1=O. The highest BCUT2D eigenvalue weighted by Crippen LogP contribution is 2.30. The van der Waals surface area contributed by atoms with Gasteiger partial charge in [-0.15, -0.1) is 0 Å². The normalized spacial score (nSPS) is 11.2. The van der Waals surface area contributed by atoms with Crippen molar-refractivity contribution in [2.24, 2.45) is 4.99 Å². The van der Waals surface area contributed by atoms with Gasteiger partial charge in [-0.25, -0.2) is 4.57 Å². The fourth-order valence-electron chi connectivity index (χ4n) is 3.18. The quantitative estimate of drug-likeness (QED) is 0.540. The van der Waals surface area contributed by atoms with Gasteiger partial charge in [-0.2, -0.15) is 0 Å². The number of methoxy groups -OCH3 is 1. The van der Waals surface area contributed by atoms with Gasteiger partial charge in [0, 0.05) is 17.0 Å². The fourth-order valence-corrected chi connectivity index (χ4v) is 3.18. The number of aliphatic imine (C=N–C) groups is 1. The number of para-hydroxylation sites is 3. The highest BCUT2D eigenvalue weighted by molar-refractivity contribution is 6.02. The van der Waals surface area contributed by atoms with Gasteiger partial charge >= 0.3 is 0 Å². The van der Waals surface area contributed by atoms with E-state index in [2.05, 4.69) is 4.99 Å². The third kappa shape index (κ3) is 3.03. The minimum Gasteiger partial charge on any atom is -0.495 e. The Kier molecular flexibility index (Phi) is 4.64. The first kappa shape index (κ1) is 17.5. The van der Waals surface area contributed by atoms with E-state index < -0.39 is 0 Å². The van der Waals surface area contributed by atoms with E-state index in [1.54, 1.807) is 42.6 Å². The Labute approximate surface area is 161 Å². The molecule has 0 unspecified atom stereocenters. The Morgan fingerprint density at radius 1 is 0.893 bits per heavy atom. The van der Waals surface area contributed by atoms with E-state index in [1.165, 1.54) is 11.7 Å². The Bertz CT molecular complexity index is 1230. The van der Waals surface area contributed by atoms with Crippen molar-refractivity contribution in [3.05, 3.63) is 94.8 Å². The standard InChI is InChI=1S/C23H18N2O3/c1-28-21-14-8-7-13-20(21)25-22(26)18-12-6-5-11-17(18)19(23(25)27)15-24-16-9-3-2-4-10-16/h2-15,27H,1H3.